The van der Waals surface area contributed by atoms with Crippen LogP contribution in [0.4, 0.5) is 23.7 Å². The molecule has 0 aliphatic rings. The number of hydrogen-bond acceptors (Lipinski definition) is 1. The number of hydrogen-bond donors (Lipinski definition) is 0. The normalized spacial score (nSPS) is 10.5. The molecule has 1 amide bonds. The zero-order chi connectivity index (χ0) is 13.8. The summed E-state index contributed by atoms with van der Waals surface area (Å²) in [5.41, 5.74) is 1.52. The Labute approximate surface area is 108 Å². The maximum atomic E-state index is 12.5. The minimum absolute atomic E-state index is 0.179. The molecule has 0 atom stereocenters. The van der Waals surface area contributed by atoms with Crippen molar-refractivity contribution in [3.63, 3.8) is 0 Å². The first-order valence-corrected chi connectivity index (χ1v) is 5.52. The summed E-state index contributed by atoms with van der Waals surface area (Å²) in [6.07, 6.45) is -2.18. The molecular formula is C14H10F3NO. The van der Waals surface area contributed by atoms with Crippen LogP contribution < -0.4 is 4.90 Å². The van der Waals surface area contributed by atoms with Crippen molar-refractivity contribution in [1.82, 2.24) is 0 Å². The van der Waals surface area contributed by atoms with Crippen LogP contribution in [0.15, 0.2) is 54.6 Å². The summed E-state index contributed by atoms with van der Waals surface area (Å²) in [5, 5.41) is 0. The van der Waals surface area contributed by atoms with Gasteiger partial charge in [0.2, 0.25) is 0 Å². The van der Waals surface area contributed by atoms with Crippen LogP contribution in [0.3, 0.4) is 0 Å². The van der Waals surface area contributed by atoms with Gasteiger partial charge in [0.1, 0.15) is 0 Å². The lowest BCUT2D eigenvalue weighted by Gasteiger charge is -2.17. The van der Waals surface area contributed by atoms with E-state index in [0.717, 1.165) is 11.1 Å². The molecule has 5 heteroatoms. The van der Waals surface area contributed by atoms with Gasteiger partial charge in [-0.15, -0.1) is 4.39 Å². The van der Waals surface area contributed by atoms with Crippen LogP contribution >= 0.6 is 0 Å². The first-order chi connectivity index (χ1) is 9.09. The van der Waals surface area contributed by atoms with Crippen LogP contribution in [0.25, 0.3) is 11.1 Å². The van der Waals surface area contributed by atoms with Crippen LogP contribution in [0.1, 0.15) is 0 Å². The molecule has 0 spiro atoms. The van der Waals surface area contributed by atoms with E-state index < -0.39 is 12.7 Å². The third kappa shape index (κ3) is 2.93. The van der Waals surface area contributed by atoms with Crippen molar-refractivity contribution >= 4 is 11.8 Å². The van der Waals surface area contributed by atoms with Gasteiger partial charge in [-0.3, -0.25) is 0 Å². The van der Waals surface area contributed by atoms with Gasteiger partial charge >= 0.3 is 12.7 Å². The molecule has 0 fully saturated rings. The van der Waals surface area contributed by atoms with Gasteiger partial charge in [-0.2, -0.15) is 8.78 Å². The summed E-state index contributed by atoms with van der Waals surface area (Å²) in [6.45, 7) is -3.21. The average Bonchev–Trinajstić information content (AvgIpc) is 2.40. The first-order valence-electron chi connectivity index (χ1n) is 5.52. The Hall–Kier alpha value is -2.30. The van der Waals surface area contributed by atoms with Gasteiger partial charge in [-0.05, 0) is 23.3 Å². The van der Waals surface area contributed by atoms with Crippen molar-refractivity contribution in [2.24, 2.45) is 0 Å². The fourth-order valence-electron chi connectivity index (χ4n) is 1.74. The molecular weight excluding hydrogens is 255 g/mol. The highest BCUT2D eigenvalue weighted by molar-refractivity contribution is 5.87. The highest BCUT2D eigenvalue weighted by atomic mass is 19.3. The fourth-order valence-corrected chi connectivity index (χ4v) is 1.74. The van der Waals surface area contributed by atoms with Crippen molar-refractivity contribution in [3.8, 4) is 11.1 Å². The van der Waals surface area contributed by atoms with Crippen molar-refractivity contribution < 1.29 is 18.0 Å². The molecule has 2 aromatic carbocycles. The van der Waals surface area contributed by atoms with Crippen molar-refractivity contribution in [1.29, 1.82) is 0 Å². The van der Waals surface area contributed by atoms with E-state index in [4.69, 9.17) is 0 Å². The standard InChI is InChI=1S/C14H10F3NO/c15-13(16)18(14(17)19)12-8-6-11(7-9-12)10-4-2-1-3-5-10/h1-9,13H. The van der Waals surface area contributed by atoms with Gasteiger partial charge in [0, 0.05) is 0 Å². The van der Waals surface area contributed by atoms with Crippen molar-refractivity contribution in [2.45, 2.75) is 6.55 Å². The molecule has 0 bridgehead atoms. The molecule has 2 nitrogen and oxygen atoms in total. The third-order valence-corrected chi connectivity index (χ3v) is 2.64. The predicted molar refractivity (Wildman–Crippen MR) is 66.9 cm³/mol. The molecule has 0 aromatic heterocycles. The Balaban J connectivity index is 2.30. The molecule has 19 heavy (non-hydrogen) atoms. The number of alkyl halides is 2. The van der Waals surface area contributed by atoms with E-state index in [1.165, 1.54) is 12.1 Å². The second kappa shape index (κ2) is 5.56. The number of amides is 1. The molecule has 0 saturated heterocycles. The number of carbonyl (C=O) groups is 1. The van der Waals surface area contributed by atoms with Gasteiger partial charge in [0.05, 0.1) is 5.69 Å². The molecule has 2 aromatic rings. The second-order valence-electron chi connectivity index (χ2n) is 3.81. The topological polar surface area (TPSA) is 20.3 Å². The smallest absolute Gasteiger partial charge is 0.234 e. The van der Waals surface area contributed by atoms with Gasteiger partial charge in [0.25, 0.3) is 0 Å². The monoisotopic (exact) mass is 265 g/mol. The summed E-state index contributed by atoms with van der Waals surface area (Å²) in [6, 6.07) is 15.0. The summed E-state index contributed by atoms with van der Waals surface area (Å²) >= 11 is 0. The molecule has 98 valence electrons. The van der Waals surface area contributed by atoms with Crippen LogP contribution in [-0.2, 0) is 0 Å². The minimum atomic E-state index is -3.21. The van der Waals surface area contributed by atoms with Gasteiger partial charge < -0.3 is 0 Å². The van der Waals surface area contributed by atoms with Gasteiger partial charge in [-0.25, -0.2) is 9.69 Å². The second-order valence-corrected chi connectivity index (χ2v) is 3.81. The lowest BCUT2D eigenvalue weighted by molar-refractivity contribution is 0.138. The molecule has 0 saturated carbocycles. The fraction of sp³-hybridized carbons (Fsp3) is 0.0714. The Kier molecular flexibility index (Phi) is 3.85. The van der Waals surface area contributed by atoms with Gasteiger partial charge in [0.15, 0.2) is 0 Å². The summed E-state index contributed by atoms with van der Waals surface area (Å²) in [7, 11) is 0. The van der Waals surface area contributed by atoms with E-state index >= 15 is 0 Å². The summed E-state index contributed by atoms with van der Waals surface area (Å²) in [5.74, 6) is 0. The minimum Gasteiger partial charge on any atom is -0.234 e. The maximum absolute atomic E-state index is 12.5. The van der Waals surface area contributed by atoms with E-state index in [1.54, 1.807) is 12.1 Å². The quantitative estimate of drug-likeness (QED) is 0.592. The number of rotatable bonds is 3. The Morgan fingerprint density at radius 3 is 1.89 bits per heavy atom. The van der Waals surface area contributed by atoms with Crippen molar-refractivity contribution in [2.75, 3.05) is 4.90 Å². The lowest BCUT2D eigenvalue weighted by atomic mass is 10.1. The SMILES string of the molecule is O=C(F)N(c1ccc(-c2ccccc2)cc1)C(F)F. The van der Waals surface area contributed by atoms with E-state index in [0.29, 0.717) is 0 Å². The summed E-state index contributed by atoms with van der Waals surface area (Å²) in [4.78, 5) is 10.3. The van der Waals surface area contributed by atoms with Gasteiger partial charge in [-0.1, -0.05) is 42.5 Å². The molecule has 0 radical (unpaired) electrons. The highest BCUT2D eigenvalue weighted by Gasteiger charge is 2.24. The molecule has 0 aliphatic carbocycles. The number of carbonyl (C=O) groups excluding carboxylic acids is 1. The van der Waals surface area contributed by atoms with E-state index in [-0.39, 0.29) is 10.6 Å². The molecule has 0 N–H and O–H groups in total. The van der Waals surface area contributed by atoms with Crippen LogP contribution in [-0.4, -0.2) is 12.7 Å². The highest BCUT2D eigenvalue weighted by Crippen LogP contribution is 2.25. The maximum Gasteiger partial charge on any atom is 0.409 e. The Morgan fingerprint density at radius 1 is 0.895 bits per heavy atom. The van der Waals surface area contributed by atoms with Crippen LogP contribution in [0.2, 0.25) is 0 Å². The first kappa shape index (κ1) is 13.1. The number of nitrogens with zero attached hydrogens (tertiary/aromatic N) is 1. The predicted octanol–water partition coefficient (Wildman–Crippen LogP) is 4.47. The van der Waals surface area contributed by atoms with E-state index in [2.05, 4.69) is 0 Å². The molecule has 2 rings (SSSR count). The van der Waals surface area contributed by atoms with E-state index in [9.17, 15) is 18.0 Å². The molecule has 0 heterocycles. The largest absolute Gasteiger partial charge is 0.409 e. The Morgan fingerprint density at radius 2 is 1.42 bits per heavy atom. The average molecular weight is 265 g/mol. The van der Waals surface area contributed by atoms with Crippen LogP contribution in [0, 0.1) is 0 Å². The van der Waals surface area contributed by atoms with E-state index in [1.807, 2.05) is 30.3 Å². The summed E-state index contributed by atoms with van der Waals surface area (Å²) < 4.78 is 37.6. The van der Waals surface area contributed by atoms with Crippen molar-refractivity contribution in [3.05, 3.63) is 54.6 Å². The zero-order valence-corrected chi connectivity index (χ0v) is 9.76. The zero-order valence-electron chi connectivity index (χ0n) is 9.76. The Bertz CT molecular complexity index is 555. The lowest BCUT2D eigenvalue weighted by Crippen LogP contribution is -2.31. The molecule has 0 aliphatic heterocycles. The third-order valence-electron chi connectivity index (χ3n) is 2.64. The van der Waals surface area contributed by atoms with Crippen LogP contribution in [0.5, 0.6) is 0 Å². The number of anilines is 1. The number of benzene rings is 2. The molecule has 0 unspecified atom stereocenters. The number of halogens is 3.